The molecule has 0 aliphatic carbocycles. The third-order valence-corrected chi connectivity index (χ3v) is 5.43. The van der Waals surface area contributed by atoms with Crippen molar-refractivity contribution in [2.24, 2.45) is 7.05 Å². The number of carbonyl (C=O) groups excluding carboxylic acids is 1. The number of H-pyrrole nitrogens is 1. The van der Waals surface area contributed by atoms with Gasteiger partial charge in [0.2, 0.25) is 0 Å². The van der Waals surface area contributed by atoms with E-state index in [-0.39, 0.29) is 11.6 Å². The average Bonchev–Trinajstić information content (AvgIpc) is 3.38. The van der Waals surface area contributed by atoms with Crippen LogP contribution in [0.4, 0.5) is 8.78 Å². The van der Waals surface area contributed by atoms with Crippen molar-refractivity contribution in [3.63, 3.8) is 0 Å². The maximum Gasteiger partial charge on any atom is 0.282 e. The zero-order chi connectivity index (χ0) is 20.8. The van der Waals surface area contributed by atoms with Crippen LogP contribution in [-0.2, 0) is 13.5 Å². The van der Waals surface area contributed by atoms with E-state index in [1.54, 1.807) is 11.2 Å². The number of pyridine rings is 1. The van der Waals surface area contributed by atoms with Crippen LogP contribution in [0.2, 0.25) is 0 Å². The Labute approximate surface area is 170 Å². The molecule has 0 spiro atoms. The summed E-state index contributed by atoms with van der Waals surface area (Å²) in [5.74, 6) is -0.384. The summed E-state index contributed by atoms with van der Waals surface area (Å²) >= 11 is 0. The van der Waals surface area contributed by atoms with E-state index in [9.17, 15) is 13.6 Å². The molecule has 4 heterocycles. The molecule has 5 rings (SSSR count). The van der Waals surface area contributed by atoms with Gasteiger partial charge in [0.05, 0.1) is 23.2 Å². The van der Waals surface area contributed by atoms with Gasteiger partial charge in [-0.3, -0.25) is 14.5 Å². The summed E-state index contributed by atoms with van der Waals surface area (Å²) in [5.41, 5.74) is 2.83. The summed E-state index contributed by atoms with van der Waals surface area (Å²) in [7, 11) is 1.49. The van der Waals surface area contributed by atoms with Gasteiger partial charge >= 0.3 is 0 Å². The first-order valence-electron chi connectivity index (χ1n) is 9.54. The molecule has 152 valence electrons. The lowest BCUT2D eigenvalue weighted by Gasteiger charge is -2.34. The zero-order valence-corrected chi connectivity index (χ0v) is 16.1. The third-order valence-electron chi connectivity index (χ3n) is 5.43. The highest BCUT2D eigenvalue weighted by Gasteiger charge is 2.36. The molecule has 1 atom stereocenters. The summed E-state index contributed by atoms with van der Waals surface area (Å²) in [5, 5.41) is 4.77. The summed E-state index contributed by atoms with van der Waals surface area (Å²) in [4.78, 5) is 27.4. The van der Waals surface area contributed by atoms with Gasteiger partial charge in [-0.2, -0.15) is 5.10 Å². The van der Waals surface area contributed by atoms with Gasteiger partial charge in [-0.1, -0.05) is 24.3 Å². The van der Waals surface area contributed by atoms with E-state index < -0.39 is 18.2 Å². The number of fused-ring (bicyclic) bond motifs is 2. The van der Waals surface area contributed by atoms with E-state index >= 15 is 0 Å². The number of benzene rings is 1. The molecule has 0 fully saturated rings. The van der Waals surface area contributed by atoms with Crippen LogP contribution >= 0.6 is 0 Å². The van der Waals surface area contributed by atoms with Gasteiger partial charge in [0.15, 0.2) is 0 Å². The Morgan fingerprint density at radius 2 is 2.07 bits per heavy atom. The van der Waals surface area contributed by atoms with Gasteiger partial charge in [0.25, 0.3) is 12.3 Å². The van der Waals surface area contributed by atoms with Crippen LogP contribution in [0.25, 0.3) is 10.9 Å². The van der Waals surface area contributed by atoms with E-state index in [1.165, 1.54) is 11.7 Å². The molecule has 30 heavy (non-hydrogen) atoms. The molecule has 3 aromatic heterocycles. The lowest BCUT2D eigenvalue weighted by Crippen LogP contribution is -2.41. The van der Waals surface area contributed by atoms with Gasteiger partial charge in [0.1, 0.15) is 17.4 Å². The van der Waals surface area contributed by atoms with E-state index in [0.717, 1.165) is 22.7 Å². The Morgan fingerprint density at radius 1 is 1.23 bits per heavy atom. The fourth-order valence-corrected chi connectivity index (χ4v) is 3.97. The Morgan fingerprint density at radius 3 is 2.87 bits per heavy atom. The molecule has 0 unspecified atom stereocenters. The van der Waals surface area contributed by atoms with Crippen molar-refractivity contribution >= 4 is 16.8 Å². The van der Waals surface area contributed by atoms with E-state index in [0.29, 0.717) is 24.4 Å². The minimum atomic E-state index is -2.74. The molecule has 1 aliphatic heterocycles. The molecule has 0 saturated carbocycles. The third kappa shape index (κ3) is 2.94. The fraction of sp³-hybridized carbons (Fsp3) is 0.238. The Balaban J connectivity index is 1.60. The number of carbonyl (C=O) groups is 1. The number of halogens is 2. The van der Waals surface area contributed by atoms with Crippen molar-refractivity contribution in [3.8, 4) is 0 Å². The number of aromatic nitrogens is 5. The molecular weight excluding hydrogens is 390 g/mol. The highest BCUT2D eigenvalue weighted by atomic mass is 19.3. The van der Waals surface area contributed by atoms with E-state index in [2.05, 4.69) is 15.1 Å². The summed E-state index contributed by atoms with van der Waals surface area (Å²) in [6.45, 7) is 0.405. The number of rotatable bonds is 3. The Bertz CT molecular complexity index is 1250. The van der Waals surface area contributed by atoms with Crippen LogP contribution < -0.4 is 0 Å². The van der Waals surface area contributed by atoms with Crippen molar-refractivity contribution in [2.75, 3.05) is 6.54 Å². The number of nitrogens with zero attached hydrogens (tertiary/aromatic N) is 5. The lowest BCUT2D eigenvalue weighted by atomic mass is 9.98. The molecule has 1 aromatic carbocycles. The van der Waals surface area contributed by atoms with Crippen molar-refractivity contribution in [1.29, 1.82) is 0 Å². The molecule has 1 amide bonds. The molecular formula is C21H18F2N6O. The molecule has 0 radical (unpaired) electrons. The minimum absolute atomic E-state index is 0.107. The predicted octanol–water partition coefficient (Wildman–Crippen LogP) is 3.42. The monoisotopic (exact) mass is 408 g/mol. The molecule has 1 N–H and O–H groups in total. The highest BCUT2D eigenvalue weighted by Crippen LogP contribution is 2.34. The van der Waals surface area contributed by atoms with Gasteiger partial charge in [0, 0.05) is 31.1 Å². The maximum atomic E-state index is 13.4. The first-order valence-corrected chi connectivity index (χ1v) is 9.54. The van der Waals surface area contributed by atoms with Crippen molar-refractivity contribution in [2.45, 2.75) is 18.9 Å². The molecule has 4 aromatic rings. The van der Waals surface area contributed by atoms with Crippen LogP contribution in [0.3, 0.4) is 0 Å². The quantitative estimate of drug-likeness (QED) is 0.563. The van der Waals surface area contributed by atoms with Gasteiger partial charge in [-0.15, -0.1) is 0 Å². The Kier molecular flexibility index (Phi) is 4.30. The van der Waals surface area contributed by atoms with Gasteiger partial charge < -0.3 is 9.88 Å². The average molecular weight is 408 g/mol. The molecule has 0 bridgehead atoms. The number of hydrogen-bond donors (Lipinski definition) is 1. The van der Waals surface area contributed by atoms with Crippen LogP contribution in [0, 0.1) is 0 Å². The number of aromatic amines is 1. The first kappa shape index (κ1) is 18.4. The number of nitrogens with one attached hydrogen (secondary N) is 1. The largest absolute Gasteiger partial charge is 0.348 e. The van der Waals surface area contributed by atoms with Crippen molar-refractivity contribution < 1.29 is 13.6 Å². The second-order valence-electron chi connectivity index (χ2n) is 7.22. The van der Waals surface area contributed by atoms with Crippen LogP contribution in [0.5, 0.6) is 0 Å². The highest BCUT2D eigenvalue weighted by molar-refractivity contribution is 5.93. The molecule has 9 heteroatoms. The fourth-order valence-electron chi connectivity index (χ4n) is 3.97. The van der Waals surface area contributed by atoms with E-state index in [4.69, 9.17) is 4.98 Å². The minimum Gasteiger partial charge on any atom is -0.348 e. The maximum absolute atomic E-state index is 13.4. The van der Waals surface area contributed by atoms with Crippen LogP contribution in [0.1, 0.15) is 45.7 Å². The lowest BCUT2D eigenvalue weighted by molar-refractivity contribution is 0.0676. The number of aryl methyl sites for hydroxylation is 1. The predicted molar refractivity (Wildman–Crippen MR) is 105 cm³/mol. The number of para-hydroxylation sites is 1. The normalized spacial score (nSPS) is 16.3. The van der Waals surface area contributed by atoms with Gasteiger partial charge in [-0.25, -0.2) is 13.8 Å². The molecule has 0 saturated heterocycles. The Hall–Kier alpha value is -3.62. The van der Waals surface area contributed by atoms with Crippen LogP contribution in [-0.4, -0.2) is 42.1 Å². The summed E-state index contributed by atoms with van der Waals surface area (Å²) < 4.78 is 27.4. The standard InChI is InChI=1S/C21H18F2N6O/c1-28-17(10-16(27-28)20(22)23)21(30)29-9-8-14-18(25-11-24-14)19(29)15-7-6-12-4-2-3-5-13(12)26-15/h2-7,10-11,19-20H,8-9H2,1H3,(H,24,25)/t19-/m0/s1. The summed E-state index contributed by atoms with van der Waals surface area (Å²) in [6.07, 6.45) is -0.550. The molecule has 1 aliphatic rings. The number of amides is 1. The molecule has 7 nitrogen and oxygen atoms in total. The number of imidazole rings is 1. The smallest absolute Gasteiger partial charge is 0.282 e. The zero-order valence-electron chi connectivity index (χ0n) is 16.1. The number of hydrogen-bond acceptors (Lipinski definition) is 4. The summed E-state index contributed by atoms with van der Waals surface area (Å²) in [6, 6.07) is 12.2. The van der Waals surface area contributed by atoms with Crippen LogP contribution in [0.15, 0.2) is 48.8 Å². The van der Waals surface area contributed by atoms with Crippen molar-refractivity contribution in [1.82, 2.24) is 29.6 Å². The topological polar surface area (TPSA) is 79.7 Å². The van der Waals surface area contributed by atoms with E-state index in [1.807, 2.05) is 36.4 Å². The second kappa shape index (κ2) is 7.01. The SMILES string of the molecule is Cn1nc(C(F)F)cc1C(=O)N1CCc2[nH]cnc2[C@@H]1c1ccc2ccccc2n1. The number of alkyl halides is 2. The first-order chi connectivity index (χ1) is 14.5. The van der Waals surface area contributed by atoms with Crippen molar-refractivity contribution in [3.05, 3.63) is 77.3 Å². The van der Waals surface area contributed by atoms with Gasteiger partial charge in [-0.05, 0) is 18.2 Å². The second-order valence-corrected chi connectivity index (χ2v) is 7.22.